The highest BCUT2D eigenvalue weighted by Gasteiger charge is 2.31. The minimum absolute atomic E-state index is 0.181. The molecular weight excluding hydrogens is 434 g/mol. The molecule has 1 aliphatic rings. The maximum Gasteiger partial charge on any atom is 0.335 e. The van der Waals surface area contributed by atoms with Gasteiger partial charge in [-0.25, -0.2) is 19.1 Å². The quantitative estimate of drug-likeness (QED) is 0.402. The first-order valence-electron chi connectivity index (χ1n) is 11.1. The molecule has 0 spiro atoms. The standard InChI is InChI=1S/C22H25N11O/c1-3-4-8-18-14-32(20-26-29-30-31(20)2)21(34)33(18)15-22(9-11-23-12-10-22)17-7-5-6-16(13-17)19-24-27-28-25-19/h5-7,9-14,23H,3-4,8,15H2,1-2H3,(H,24,25,27,28). The van der Waals surface area contributed by atoms with Gasteiger partial charge in [0.15, 0.2) is 5.82 Å². The van der Waals surface area contributed by atoms with Crippen LogP contribution in [0.4, 0.5) is 0 Å². The molecular formula is C22H25N11O. The number of tetrazole rings is 2. The fraction of sp³-hybridized carbons (Fsp3) is 0.318. The number of H-pyrrole nitrogens is 1. The summed E-state index contributed by atoms with van der Waals surface area (Å²) in [6, 6.07) is 8.01. The Morgan fingerprint density at radius 2 is 1.97 bits per heavy atom. The van der Waals surface area contributed by atoms with Crippen molar-refractivity contribution in [2.75, 3.05) is 0 Å². The van der Waals surface area contributed by atoms with Gasteiger partial charge in [-0.15, -0.1) is 5.10 Å². The number of nitrogens with zero attached hydrogens (tertiary/aromatic N) is 9. The molecule has 0 fully saturated rings. The van der Waals surface area contributed by atoms with Crippen LogP contribution in [0.1, 0.15) is 31.0 Å². The highest BCUT2D eigenvalue weighted by molar-refractivity contribution is 5.57. The Morgan fingerprint density at radius 1 is 1.12 bits per heavy atom. The second-order valence-corrected chi connectivity index (χ2v) is 8.27. The highest BCUT2D eigenvalue weighted by Crippen LogP contribution is 2.33. The average molecular weight is 460 g/mol. The van der Waals surface area contributed by atoms with Crippen LogP contribution in [0.5, 0.6) is 0 Å². The summed E-state index contributed by atoms with van der Waals surface area (Å²) in [7, 11) is 1.72. The van der Waals surface area contributed by atoms with Crippen LogP contribution in [0.25, 0.3) is 17.3 Å². The second kappa shape index (κ2) is 8.89. The number of imidazole rings is 1. The minimum Gasteiger partial charge on any atom is -0.368 e. The van der Waals surface area contributed by atoms with Crippen LogP contribution in [0.3, 0.4) is 0 Å². The van der Waals surface area contributed by atoms with Crippen molar-refractivity contribution in [1.29, 1.82) is 0 Å². The van der Waals surface area contributed by atoms with Crippen LogP contribution < -0.4 is 11.0 Å². The number of hydrogen-bond acceptors (Lipinski definition) is 8. The Labute approximate surface area is 195 Å². The van der Waals surface area contributed by atoms with Gasteiger partial charge >= 0.3 is 5.69 Å². The maximum atomic E-state index is 13.6. The number of hydrogen-bond donors (Lipinski definition) is 2. The van der Waals surface area contributed by atoms with Crippen molar-refractivity contribution in [2.45, 2.75) is 38.1 Å². The molecule has 4 heterocycles. The van der Waals surface area contributed by atoms with Crippen LogP contribution in [0, 0.1) is 0 Å². The van der Waals surface area contributed by atoms with Crippen molar-refractivity contribution < 1.29 is 0 Å². The number of aromatic nitrogens is 10. The van der Waals surface area contributed by atoms with Crippen molar-refractivity contribution in [2.24, 2.45) is 7.05 Å². The van der Waals surface area contributed by atoms with E-state index in [9.17, 15) is 4.79 Å². The van der Waals surface area contributed by atoms with Gasteiger partial charge in [0, 0.05) is 31.0 Å². The SMILES string of the molecule is CCCCc1cn(-c2nnnn2C)c(=O)n1CC1(c2cccc(-c3nnn[nH]3)c2)C=CNC=C1. The van der Waals surface area contributed by atoms with Gasteiger partial charge in [-0.3, -0.25) is 4.57 Å². The molecule has 0 amide bonds. The van der Waals surface area contributed by atoms with Crippen LogP contribution in [0.15, 0.2) is 59.8 Å². The third-order valence-corrected chi connectivity index (χ3v) is 6.05. The van der Waals surface area contributed by atoms with Crippen molar-refractivity contribution in [3.8, 4) is 17.3 Å². The van der Waals surface area contributed by atoms with E-state index in [1.54, 1.807) is 7.05 Å². The highest BCUT2D eigenvalue weighted by atomic mass is 16.2. The third kappa shape index (κ3) is 3.83. The molecule has 0 saturated carbocycles. The Morgan fingerprint density at radius 3 is 2.68 bits per heavy atom. The van der Waals surface area contributed by atoms with Gasteiger partial charge < -0.3 is 5.32 Å². The fourth-order valence-corrected chi connectivity index (χ4v) is 4.22. The predicted octanol–water partition coefficient (Wildman–Crippen LogP) is 1.25. The number of aryl methyl sites for hydroxylation is 2. The number of nitrogens with one attached hydrogen (secondary N) is 2. The lowest BCUT2D eigenvalue weighted by molar-refractivity contribution is 0.495. The van der Waals surface area contributed by atoms with Gasteiger partial charge in [0.25, 0.3) is 5.95 Å². The predicted molar refractivity (Wildman–Crippen MR) is 124 cm³/mol. The smallest absolute Gasteiger partial charge is 0.335 e. The first kappa shape index (κ1) is 21.5. The molecule has 3 aromatic heterocycles. The lowest BCUT2D eigenvalue weighted by atomic mass is 9.78. The molecule has 2 N–H and O–H groups in total. The van der Waals surface area contributed by atoms with Crippen LogP contribution in [0.2, 0.25) is 0 Å². The fourth-order valence-electron chi connectivity index (χ4n) is 4.22. The lowest BCUT2D eigenvalue weighted by Crippen LogP contribution is -2.36. The number of aromatic amines is 1. The first-order chi connectivity index (χ1) is 16.6. The monoisotopic (exact) mass is 459 g/mol. The molecule has 4 aromatic rings. The second-order valence-electron chi connectivity index (χ2n) is 8.27. The number of rotatable bonds is 8. The summed E-state index contributed by atoms with van der Waals surface area (Å²) < 4.78 is 4.83. The summed E-state index contributed by atoms with van der Waals surface area (Å²) in [6.07, 6.45) is 12.5. The van der Waals surface area contributed by atoms with E-state index in [1.165, 1.54) is 9.25 Å². The van der Waals surface area contributed by atoms with Gasteiger partial charge in [0.1, 0.15) is 0 Å². The zero-order valence-electron chi connectivity index (χ0n) is 19.0. The number of dihydropyridines is 1. The van der Waals surface area contributed by atoms with E-state index < -0.39 is 5.41 Å². The summed E-state index contributed by atoms with van der Waals surface area (Å²) in [5.74, 6) is 0.965. The van der Waals surface area contributed by atoms with E-state index >= 15 is 0 Å². The molecule has 12 nitrogen and oxygen atoms in total. The number of benzene rings is 1. The minimum atomic E-state index is -0.566. The van der Waals surface area contributed by atoms with E-state index in [0.717, 1.165) is 36.1 Å². The first-order valence-corrected chi connectivity index (χ1v) is 11.1. The van der Waals surface area contributed by atoms with E-state index in [4.69, 9.17) is 0 Å². The van der Waals surface area contributed by atoms with Crippen LogP contribution in [-0.2, 0) is 25.4 Å². The van der Waals surface area contributed by atoms with Gasteiger partial charge in [-0.05, 0) is 57.7 Å². The Hall–Kier alpha value is -4.35. The van der Waals surface area contributed by atoms with Crippen LogP contribution in [-0.4, -0.2) is 50.0 Å². The third-order valence-electron chi connectivity index (χ3n) is 6.05. The van der Waals surface area contributed by atoms with Crippen molar-refractivity contribution in [1.82, 2.24) is 55.3 Å². The molecule has 5 rings (SSSR count). The molecule has 34 heavy (non-hydrogen) atoms. The molecule has 174 valence electrons. The Bertz CT molecular complexity index is 1380. The average Bonchev–Trinajstić information content (AvgIpc) is 3.61. The van der Waals surface area contributed by atoms with Crippen molar-refractivity contribution in [3.05, 3.63) is 76.8 Å². The Balaban J connectivity index is 1.61. The van der Waals surface area contributed by atoms with E-state index in [0.29, 0.717) is 18.3 Å². The molecule has 0 atom stereocenters. The molecule has 0 bridgehead atoms. The summed E-state index contributed by atoms with van der Waals surface area (Å²) in [5.41, 5.74) is 2.06. The molecule has 1 aromatic carbocycles. The Kier molecular flexibility index (Phi) is 5.62. The summed E-state index contributed by atoms with van der Waals surface area (Å²) >= 11 is 0. The number of unbranched alkanes of at least 4 members (excludes halogenated alkanes) is 1. The molecule has 12 heteroatoms. The summed E-state index contributed by atoms with van der Waals surface area (Å²) in [4.78, 5) is 13.6. The van der Waals surface area contributed by atoms with E-state index in [1.807, 2.05) is 47.4 Å². The lowest BCUT2D eigenvalue weighted by Gasteiger charge is -2.31. The normalized spacial score (nSPS) is 14.4. The zero-order chi connectivity index (χ0) is 23.5. The van der Waals surface area contributed by atoms with Gasteiger partial charge in [0.2, 0.25) is 0 Å². The van der Waals surface area contributed by atoms with E-state index in [2.05, 4.69) is 60.5 Å². The van der Waals surface area contributed by atoms with Gasteiger partial charge in [-0.2, -0.15) is 0 Å². The summed E-state index contributed by atoms with van der Waals surface area (Å²) in [5, 5.41) is 28.9. The van der Waals surface area contributed by atoms with Gasteiger partial charge in [-0.1, -0.05) is 48.8 Å². The van der Waals surface area contributed by atoms with Crippen molar-refractivity contribution in [3.63, 3.8) is 0 Å². The molecule has 0 radical (unpaired) electrons. The molecule has 0 unspecified atom stereocenters. The largest absolute Gasteiger partial charge is 0.368 e. The van der Waals surface area contributed by atoms with E-state index in [-0.39, 0.29) is 5.69 Å². The molecule has 1 aliphatic heterocycles. The van der Waals surface area contributed by atoms with Crippen LogP contribution >= 0.6 is 0 Å². The summed E-state index contributed by atoms with van der Waals surface area (Å²) in [6.45, 7) is 2.55. The number of allylic oxidation sites excluding steroid dienone is 2. The molecule has 0 saturated heterocycles. The van der Waals surface area contributed by atoms with Crippen molar-refractivity contribution >= 4 is 0 Å². The zero-order valence-corrected chi connectivity index (χ0v) is 19.0. The topological polar surface area (TPSA) is 137 Å². The molecule has 0 aliphatic carbocycles. The maximum absolute atomic E-state index is 13.6. The van der Waals surface area contributed by atoms with Gasteiger partial charge in [0.05, 0.1) is 5.41 Å².